The lowest BCUT2D eigenvalue weighted by Crippen LogP contribution is -2.48. The third-order valence-corrected chi connectivity index (χ3v) is 4.59. The number of nitrogens with zero attached hydrogens (tertiary/aromatic N) is 2. The van der Waals surface area contributed by atoms with Gasteiger partial charge in [-0.25, -0.2) is 0 Å². The molecule has 8 heteroatoms. The van der Waals surface area contributed by atoms with E-state index in [1.807, 2.05) is 6.07 Å². The molecule has 0 aliphatic rings. The summed E-state index contributed by atoms with van der Waals surface area (Å²) in [6, 6.07) is 9.42. The van der Waals surface area contributed by atoms with E-state index in [9.17, 15) is 18.3 Å². The van der Waals surface area contributed by atoms with Gasteiger partial charge in [0.15, 0.2) is 0 Å². The van der Waals surface area contributed by atoms with Crippen molar-refractivity contribution in [3.8, 4) is 6.07 Å². The molecule has 0 radical (unpaired) electrons. The van der Waals surface area contributed by atoms with Crippen LogP contribution in [0.15, 0.2) is 30.3 Å². The Morgan fingerprint density at radius 1 is 1.41 bits per heavy atom. The van der Waals surface area contributed by atoms with E-state index < -0.39 is 28.1 Å². The molecule has 1 unspecified atom stereocenters. The fourth-order valence-corrected chi connectivity index (χ4v) is 2.97. The summed E-state index contributed by atoms with van der Waals surface area (Å²) in [5.74, 6) is -1.74. The molecular formula is C14H19N3O4S. The molecule has 22 heavy (non-hydrogen) atoms. The standard InChI is InChI=1S/C14H19N3O4S/c1-11(9-15)10-17(2)22(20,21)16-13(14(18)19)8-12-6-4-3-5-7-12/h3-7,11,13,16H,8,10H2,1-2H3,(H,18,19)/t11?,13-/m1/s1. The molecule has 0 saturated carbocycles. The predicted octanol–water partition coefficient (Wildman–Crippen LogP) is 0.608. The Hall–Kier alpha value is -1.95. The first kappa shape index (κ1) is 18.1. The largest absolute Gasteiger partial charge is 0.480 e. The second kappa shape index (κ2) is 7.89. The minimum Gasteiger partial charge on any atom is -0.480 e. The Morgan fingerprint density at radius 3 is 2.50 bits per heavy atom. The second-order valence-electron chi connectivity index (χ2n) is 5.01. The molecule has 120 valence electrons. The summed E-state index contributed by atoms with van der Waals surface area (Å²) in [6.45, 7) is 1.58. The van der Waals surface area contributed by atoms with Crippen molar-refractivity contribution in [2.75, 3.05) is 13.6 Å². The second-order valence-corrected chi connectivity index (χ2v) is 6.82. The van der Waals surface area contributed by atoms with Crippen LogP contribution in [0.5, 0.6) is 0 Å². The van der Waals surface area contributed by atoms with Crippen molar-refractivity contribution in [2.45, 2.75) is 19.4 Å². The number of nitrogens with one attached hydrogen (secondary N) is 1. The number of carboxylic acids is 1. The van der Waals surface area contributed by atoms with E-state index in [1.165, 1.54) is 7.05 Å². The number of carboxylic acid groups (broad SMARTS) is 1. The van der Waals surface area contributed by atoms with Crippen LogP contribution in [0.3, 0.4) is 0 Å². The van der Waals surface area contributed by atoms with Gasteiger partial charge in [0.2, 0.25) is 0 Å². The summed E-state index contributed by atoms with van der Waals surface area (Å²) in [6.07, 6.45) is 0.0387. The number of nitriles is 1. The molecule has 0 saturated heterocycles. The molecule has 2 N–H and O–H groups in total. The number of hydrogen-bond acceptors (Lipinski definition) is 4. The summed E-state index contributed by atoms with van der Waals surface area (Å²) in [5, 5.41) is 17.9. The van der Waals surface area contributed by atoms with Gasteiger partial charge >= 0.3 is 5.97 Å². The highest BCUT2D eigenvalue weighted by Gasteiger charge is 2.27. The number of rotatable bonds is 8. The third kappa shape index (κ3) is 5.44. The number of carbonyl (C=O) groups is 1. The van der Waals surface area contributed by atoms with Crippen LogP contribution >= 0.6 is 0 Å². The first-order valence-corrected chi connectivity index (χ1v) is 8.10. The zero-order chi connectivity index (χ0) is 16.8. The molecular weight excluding hydrogens is 306 g/mol. The van der Waals surface area contributed by atoms with Gasteiger partial charge in [0, 0.05) is 13.6 Å². The maximum Gasteiger partial charge on any atom is 0.322 e. The summed E-state index contributed by atoms with van der Waals surface area (Å²) in [4.78, 5) is 11.3. The Labute approximate surface area is 130 Å². The lowest BCUT2D eigenvalue weighted by molar-refractivity contribution is -0.138. The van der Waals surface area contributed by atoms with Gasteiger partial charge < -0.3 is 5.11 Å². The first-order valence-electron chi connectivity index (χ1n) is 6.66. The lowest BCUT2D eigenvalue weighted by atomic mass is 10.1. The molecule has 1 rings (SSSR count). The minimum atomic E-state index is -3.98. The summed E-state index contributed by atoms with van der Waals surface area (Å²) < 4.78 is 27.4. The van der Waals surface area contributed by atoms with Crippen molar-refractivity contribution in [1.82, 2.24) is 9.03 Å². The van der Waals surface area contributed by atoms with E-state index in [0.29, 0.717) is 5.56 Å². The van der Waals surface area contributed by atoms with Crippen LogP contribution in [0.25, 0.3) is 0 Å². The molecule has 0 heterocycles. The molecule has 1 aromatic carbocycles. The molecule has 1 aromatic rings. The number of hydrogen-bond donors (Lipinski definition) is 2. The van der Waals surface area contributed by atoms with E-state index in [0.717, 1.165) is 4.31 Å². The van der Waals surface area contributed by atoms with Crippen molar-refractivity contribution in [1.29, 1.82) is 5.26 Å². The highest BCUT2D eigenvalue weighted by molar-refractivity contribution is 7.87. The van der Waals surface area contributed by atoms with Gasteiger partial charge in [-0.15, -0.1) is 0 Å². The Morgan fingerprint density at radius 2 is 2.00 bits per heavy atom. The first-order chi connectivity index (χ1) is 10.3. The van der Waals surface area contributed by atoms with E-state index in [4.69, 9.17) is 5.26 Å². The van der Waals surface area contributed by atoms with Crippen LogP contribution in [0, 0.1) is 17.2 Å². The molecule has 0 spiro atoms. The Bertz CT molecular complexity index is 640. The van der Waals surface area contributed by atoms with Crippen LogP contribution in [-0.2, 0) is 21.4 Å². The van der Waals surface area contributed by atoms with E-state index in [1.54, 1.807) is 37.3 Å². The van der Waals surface area contributed by atoms with Crippen molar-refractivity contribution >= 4 is 16.2 Å². The fraction of sp³-hybridized carbons (Fsp3) is 0.429. The smallest absolute Gasteiger partial charge is 0.322 e. The van der Waals surface area contributed by atoms with Crippen LogP contribution in [0.2, 0.25) is 0 Å². The Balaban J connectivity index is 2.82. The molecule has 0 bridgehead atoms. The van der Waals surface area contributed by atoms with Gasteiger partial charge in [-0.2, -0.15) is 22.7 Å². The van der Waals surface area contributed by atoms with Crippen LogP contribution in [0.4, 0.5) is 0 Å². The molecule has 0 fully saturated rings. The van der Waals surface area contributed by atoms with Gasteiger partial charge in [-0.1, -0.05) is 30.3 Å². The molecule has 0 aromatic heterocycles. The molecule has 7 nitrogen and oxygen atoms in total. The number of benzene rings is 1. The van der Waals surface area contributed by atoms with Gasteiger partial charge in [-0.3, -0.25) is 4.79 Å². The van der Waals surface area contributed by atoms with Gasteiger partial charge in [-0.05, 0) is 18.9 Å². The van der Waals surface area contributed by atoms with Crippen molar-refractivity contribution in [3.63, 3.8) is 0 Å². The normalized spacial score (nSPS) is 14.3. The average molecular weight is 325 g/mol. The quantitative estimate of drug-likeness (QED) is 0.727. The van der Waals surface area contributed by atoms with Crippen molar-refractivity contribution < 1.29 is 18.3 Å². The van der Waals surface area contributed by atoms with Crippen molar-refractivity contribution in [3.05, 3.63) is 35.9 Å². The molecule has 0 aliphatic heterocycles. The van der Waals surface area contributed by atoms with E-state index >= 15 is 0 Å². The monoisotopic (exact) mass is 325 g/mol. The summed E-state index contributed by atoms with van der Waals surface area (Å²) in [7, 11) is -2.68. The van der Waals surface area contributed by atoms with Crippen molar-refractivity contribution in [2.24, 2.45) is 5.92 Å². The maximum absolute atomic E-state index is 12.1. The highest BCUT2D eigenvalue weighted by Crippen LogP contribution is 2.07. The number of aliphatic carboxylic acids is 1. The molecule has 0 amide bonds. The zero-order valence-electron chi connectivity index (χ0n) is 12.4. The van der Waals surface area contributed by atoms with E-state index in [-0.39, 0.29) is 13.0 Å². The van der Waals surface area contributed by atoms with Gasteiger partial charge in [0.25, 0.3) is 10.2 Å². The predicted molar refractivity (Wildman–Crippen MR) is 81.0 cm³/mol. The zero-order valence-corrected chi connectivity index (χ0v) is 13.2. The van der Waals surface area contributed by atoms with Gasteiger partial charge in [0.05, 0.1) is 12.0 Å². The van der Waals surface area contributed by atoms with Crippen LogP contribution in [-0.4, -0.2) is 43.4 Å². The summed E-state index contributed by atoms with van der Waals surface area (Å²) >= 11 is 0. The molecule has 2 atom stereocenters. The average Bonchev–Trinajstić information content (AvgIpc) is 2.47. The molecule has 0 aliphatic carbocycles. The van der Waals surface area contributed by atoms with Crippen LogP contribution < -0.4 is 4.72 Å². The maximum atomic E-state index is 12.1. The van der Waals surface area contributed by atoms with E-state index in [2.05, 4.69) is 4.72 Å². The van der Waals surface area contributed by atoms with Crippen LogP contribution in [0.1, 0.15) is 12.5 Å². The Kier molecular flexibility index (Phi) is 6.49. The minimum absolute atomic E-state index is 0.0104. The van der Waals surface area contributed by atoms with Gasteiger partial charge in [0.1, 0.15) is 6.04 Å². The third-order valence-electron chi connectivity index (χ3n) is 3.03. The summed E-state index contributed by atoms with van der Waals surface area (Å²) in [5.41, 5.74) is 0.714. The topological polar surface area (TPSA) is 111 Å². The highest BCUT2D eigenvalue weighted by atomic mass is 32.2. The fourth-order valence-electron chi connectivity index (χ4n) is 1.82. The lowest BCUT2D eigenvalue weighted by Gasteiger charge is -2.22. The SMILES string of the molecule is CC(C#N)CN(C)S(=O)(=O)N[C@H](Cc1ccccc1)C(=O)O.